The number of rotatable bonds is 6. The second kappa shape index (κ2) is 7.41. The maximum atomic E-state index is 5.93. The van der Waals surface area contributed by atoms with E-state index in [0.29, 0.717) is 0 Å². The van der Waals surface area contributed by atoms with E-state index in [4.69, 9.17) is 4.74 Å². The minimum atomic E-state index is 0.759. The molecular formula is C16H19BrN2O. The Morgan fingerprint density at radius 1 is 1.25 bits per heavy atom. The van der Waals surface area contributed by atoms with Gasteiger partial charge in [0.2, 0.25) is 0 Å². The van der Waals surface area contributed by atoms with E-state index < -0.39 is 0 Å². The molecule has 0 spiro atoms. The van der Waals surface area contributed by atoms with Crippen molar-refractivity contribution in [3.8, 4) is 11.5 Å². The third-order valence-electron chi connectivity index (χ3n) is 2.88. The molecule has 0 bridgehead atoms. The summed E-state index contributed by atoms with van der Waals surface area (Å²) in [4.78, 5) is 4.25. The number of nitrogens with one attached hydrogen (secondary N) is 1. The molecule has 3 nitrogen and oxygen atoms in total. The summed E-state index contributed by atoms with van der Waals surface area (Å²) in [6.07, 6.45) is 2.87. The van der Waals surface area contributed by atoms with Gasteiger partial charge >= 0.3 is 0 Å². The molecule has 0 atom stereocenters. The number of hydrogen-bond donors (Lipinski definition) is 1. The SMILES string of the molecule is CCCNCc1cc(Br)ccc1Oc1ccc(C)nc1. The zero-order valence-corrected chi connectivity index (χ0v) is 13.4. The molecule has 1 aromatic carbocycles. The van der Waals surface area contributed by atoms with E-state index in [9.17, 15) is 0 Å². The molecule has 2 rings (SSSR count). The van der Waals surface area contributed by atoms with Crippen LogP contribution in [-0.4, -0.2) is 11.5 Å². The van der Waals surface area contributed by atoms with Gasteiger partial charge in [0.25, 0.3) is 0 Å². The van der Waals surface area contributed by atoms with Crippen molar-refractivity contribution in [1.82, 2.24) is 10.3 Å². The highest BCUT2D eigenvalue weighted by atomic mass is 79.9. The summed E-state index contributed by atoms with van der Waals surface area (Å²) in [6.45, 7) is 5.91. The van der Waals surface area contributed by atoms with Crippen molar-refractivity contribution in [2.45, 2.75) is 26.8 Å². The first-order chi connectivity index (χ1) is 9.69. The number of nitrogens with zero attached hydrogens (tertiary/aromatic N) is 1. The Morgan fingerprint density at radius 3 is 2.80 bits per heavy atom. The molecule has 20 heavy (non-hydrogen) atoms. The molecule has 0 unspecified atom stereocenters. The lowest BCUT2D eigenvalue weighted by atomic mass is 10.2. The maximum absolute atomic E-state index is 5.93. The fraction of sp³-hybridized carbons (Fsp3) is 0.312. The third kappa shape index (κ3) is 4.32. The molecule has 0 amide bonds. The Balaban J connectivity index is 2.15. The first-order valence-electron chi connectivity index (χ1n) is 6.78. The zero-order valence-electron chi connectivity index (χ0n) is 11.8. The largest absolute Gasteiger partial charge is 0.455 e. The summed E-state index contributed by atoms with van der Waals surface area (Å²) >= 11 is 3.50. The van der Waals surface area contributed by atoms with Gasteiger partial charge in [0.05, 0.1) is 6.20 Å². The average Bonchev–Trinajstić information content (AvgIpc) is 2.44. The normalized spacial score (nSPS) is 10.6. The molecular weight excluding hydrogens is 316 g/mol. The number of pyridine rings is 1. The fourth-order valence-corrected chi connectivity index (χ4v) is 2.24. The van der Waals surface area contributed by atoms with Crippen LogP contribution in [0.1, 0.15) is 24.6 Å². The molecule has 0 saturated heterocycles. The Morgan fingerprint density at radius 2 is 2.10 bits per heavy atom. The third-order valence-corrected chi connectivity index (χ3v) is 3.37. The predicted molar refractivity (Wildman–Crippen MR) is 85.2 cm³/mol. The van der Waals surface area contributed by atoms with Crippen molar-refractivity contribution < 1.29 is 4.74 Å². The summed E-state index contributed by atoms with van der Waals surface area (Å²) in [5.74, 6) is 1.62. The smallest absolute Gasteiger partial charge is 0.145 e. The molecule has 0 aliphatic rings. The van der Waals surface area contributed by atoms with E-state index in [2.05, 4.69) is 39.2 Å². The summed E-state index contributed by atoms with van der Waals surface area (Å²) in [5, 5.41) is 3.40. The minimum absolute atomic E-state index is 0.759. The van der Waals surface area contributed by atoms with E-state index in [1.807, 2.05) is 31.2 Å². The number of hydrogen-bond acceptors (Lipinski definition) is 3. The van der Waals surface area contributed by atoms with Crippen LogP contribution in [0.15, 0.2) is 41.0 Å². The average molecular weight is 335 g/mol. The monoisotopic (exact) mass is 334 g/mol. The fourth-order valence-electron chi connectivity index (χ4n) is 1.83. The topological polar surface area (TPSA) is 34.1 Å². The Hall–Kier alpha value is -1.39. The molecule has 4 heteroatoms. The number of aromatic nitrogens is 1. The van der Waals surface area contributed by atoms with Gasteiger partial charge in [-0.25, -0.2) is 0 Å². The number of benzene rings is 1. The van der Waals surface area contributed by atoms with Crippen molar-refractivity contribution in [2.75, 3.05) is 6.54 Å². The predicted octanol–water partition coefficient (Wildman–Crippen LogP) is 4.44. The van der Waals surface area contributed by atoms with Crippen LogP contribution in [0.2, 0.25) is 0 Å². The Bertz CT molecular complexity index is 555. The molecule has 1 N–H and O–H groups in total. The van der Waals surface area contributed by atoms with Crippen molar-refractivity contribution in [2.24, 2.45) is 0 Å². The summed E-state index contributed by atoms with van der Waals surface area (Å²) < 4.78 is 6.98. The number of halogens is 1. The van der Waals surface area contributed by atoms with Crippen LogP contribution < -0.4 is 10.1 Å². The van der Waals surface area contributed by atoms with Crippen LogP contribution >= 0.6 is 15.9 Å². The first kappa shape index (κ1) is 15.0. The summed E-state index contributed by atoms with van der Waals surface area (Å²) in [5.41, 5.74) is 2.12. The minimum Gasteiger partial charge on any atom is -0.455 e. The van der Waals surface area contributed by atoms with Crippen LogP contribution in [-0.2, 0) is 6.54 Å². The van der Waals surface area contributed by atoms with Gasteiger partial charge in [-0.1, -0.05) is 22.9 Å². The summed E-state index contributed by atoms with van der Waals surface area (Å²) in [6, 6.07) is 9.93. The zero-order chi connectivity index (χ0) is 14.4. The second-order valence-electron chi connectivity index (χ2n) is 4.67. The molecule has 0 fully saturated rings. The molecule has 0 aliphatic heterocycles. The molecule has 0 radical (unpaired) electrons. The van der Waals surface area contributed by atoms with Crippen LogP contribution in [0.4, 0.5) is 0 Å². The van der Waals surface area contributed by atoms with Gasteiger partial charge in [0.15, 0.2) is 0 Å². The lowest BCUT2D eigenvalue weighted by Gasteiger charge is -2.12. The lowest BCUT2D eigenvalue weighted by molar-refractivity contribution is 0.470. The van der Waals surface area contributed by atoms with Gasteiger partial charge in [-0.15, -0.1) is 0 Å². The van der Waals surface area contributed by atoms with Crippen LogP contribution in [0.25, 0.3) is 0 Å². The summed E-state index contributed by atoms with van der Waals surface area (Å²) in [7, 11) is 0. The van der Waals surface area contributed by atoms with Gasteiger partial charge in [0.1, 0.15) is 11.5 Å². The molecule has 1 heterocycles. The standard InChI is InChI=1S/C16H19BrN2O/c1-3-8-18-10-13-9-14(17)5-7-16(13)20-15-6-4-12(2)19-11-15/h4-7,9,11,18H,3,8,10H2,1-2H3. The first-order valence-corrected chi connectivity index (χ1v) is 7.58. The van der Waals surface area contributed by atoms with E-state index >= 15 is 0 Å². The van der Waals surface area contributed by atoms with E-state index in [1.54, 1.807) is 6.20 Å². The van der Waals surface area contributed by atoms with Gasteiger partial charge in [0, 0.05) is 22.3 Å². The second-order valence-corrected chi connectivity index (χ2v) is 5.58. The molecule has 2 aromatic rings. The van der Waals surface area contributed by atoms with Crippen molar-refractivity contribution in [3.05, 3.63) is 52.3 Å². The van der Waals surface area contributed by atoms with Crippen molar-refractivity contribution >= 4 is 15.9 Å². The van der Waals surface area contributed by atoms with Crippen molar-refractivity contribution in [1.29, 1.82) is 0 Å². The van der Waals surface area contributed by atoms with Gasteiger partial charge in [-0.2, -0.15) is 0 Å². The molecule has 1 aromatic heterocycles. The number of ether oxygens (including phenoxy) is 1. The van der Waals surface area contributed by atoms with Crippen molar-refractivity contribution in [3.63, 3.8) is 0 Å². The number of aryl methyl sites for hydroxylation is 1. The molecule has 106 valence electrons. The highest BCUT2D eigenvalue weighted by molar-refractivity contribution is 9.10. The molecule has 0 saturated carbocycles. The van der Waals surface area contributed by atoms with E-state index in [-0.39, 0.29) is 0 Å². The quantitative estimate of drug-likeness (QED) is 0.792. The Labute approximate surface area is 128 Å². The maximum Gasteiger partial charge on any atom is 0.145 e. The van der Waals surface area contributed by atoms with Gasteiger partial charge in [-0.05, 0) is 50.2 Å². The van der Waals surface area contributed by atoms with E-state index in [0.717, 1.165) is 46.7 Å². The highest BCUT2D eigenvalue weighted by Crippen LogP contribution is 2.27. The lowest BCUT2D eigenvalue weighted by Crippen LogP contribution is -2.14. The van der Waals surface area contributed by atoms with Crippen LogP contribution in [0.3, 0.4) is 0 Å². The highest BCUT2D eigenvalue weighted by Gasteiger charge is 2.06. The van der Waals surface area contributed by atoms with Crippen LogP contribution in [0, 0.1) is 6.92 Å². The van der Waals surface area contributed by atoms with Gasteiger partial charge in [-0.3, -0.25) is 4.98 Å². The Kier molecular flexibility index (Phi) is 5.56. The van der Waals surface area contributed by atoms with Crippen LogP contribution in [0.5, 0.6) is 11.5 Å². The van der Waals surface area contributed by atoms with E-state index in [1.165, 1.54) is 0 Å². The van der Waals surface area contributed by atoms with Gasteiger partial charge < -0.3 is 10.1 Å². The molecule has 0 aliphatic carbocycles.